The third-order valence-electron chi connectivity index (χ3n) is 3.35. The number of benzene rings is 1. The van der Waals surface area contributed by atoms with E-state index in [9.17, 15) is 9.59 Å². The van der Waals surface area contributed by atoms with Crippen molar-refractivity contribution in [2.75, 3.05) is 23.7 Å². The average Bonchev–Trinajstić information content (AvgIpc) is 2.48. The van der Waals surface area contributed by atoms with E-state index in [0.29, 0.717) is 17.9 Å². The molecule has 1 unspecified atom stereocenters. The number of hydrogen-bond acceptors (Lipinski definition) is 3. The summed E-state index contributed by atoms with van der Waals surface area (Å²) in [6.45, 7) is 3.31. The monoisotopic (exact) mass is 326 g/mol. The average molecular weight is 327 g/mol. The van der Waals surface area contributed by atoms with Gasteiger partial charge in [-0.2, -0.15) is 0 Å². The Morgan fingerprint density at radius 3 is 2.59 bits per heavy atom. The predicted octanol–water partition coefficient (Wildman–Crippen LogP) is 2.33. The summed E-state index contributed by atoms with van der Waals surface area (Å²) in [7, 11) is 0. The van der Waals surface area contributed by atoms with Crippen molar-refractivity contribution < 1.29 is 9.59 Å². The molecule has 0 spiro atoms. The molecule has 1 atom stereocenters. The quantitative estimate of drug-likeness (QED) is 0.685. The fourth-order valence-corrected chi connectivity index (χ4v) is 2.32. The topological polar surface area (TPSA) is 82.3 Å². The molecule has 7 heteroatoms. The number of carbonyl (C=O) groups excluding carboxylic acids is 2. The number of urea groups is 1. The Bertz CT molecular complexity index is 504. The number of carbonyl (C=O) groups is 2. The summed E-state index contributed by atoms with van der Waals surface area (Å²) in [4.78, 5) is 23.6. The molecule has 0 aromatic heterocycles. The van der Waals surface area contributed by atoms with E-state index in [0.717, 1.165) is 25.8 Å². The molecule has 1 fully saturated rings. The lowest BCUT2D eigenvalue weighted by molar-refractivity contribution is -0.118. The molecule has 0 aliphatic carbocycles. The molecule has 1 saturated heterocycles. The maximum Gasteiger partial charge on any atom is 0.319 e. The highest BCUT2D eigenvalue weighted by atomic mass is 35.5. The Kier molecular flexibility index (Phi) is 7.70. The highest BCUT2D eigenvalue weighted by Crippen LogP contribution is 2.16. The van der Waals surface area contributed by atoms with Crippen molar-refractivity contribution in [1.82, 2.24) is 10.6 Å². The van der Waals surface area contributed by atoms with Gasteiger partial charge in [0.15, 0.2) is 0 Å². The van der Waals surface area contributed by atoms with Gasteiger partial charge in [-0.3, -0.25) is 4.79 Å². The van der Waals surface area contributed by atoms with Crippen LogP contribution in [-0.4, -0.2) is 31.1 Å². The molecule has 6 nitrogen and oxygen atoms in total. The highest BCUT2D eigenvalue weighted by molar-refractivity contribution is 5.96. The number of hydrogen-bond donors (Lipinski definition) is 4. The van der Waals surface area contributed by atoms with Crippen molar-refractivity contribution in [2.45, 2.75) is 32.2 Å². The van der Waals surface area contributed by atoms with Crippen LogP contribution in [0.15, 0.2) is 24.3 Å². The zero-order chi connectivity index (χ0) is 15.1. The first-order valence-electron chi connectivity index (χ1n) is 7.38. The van der Waals surface area contributed by atoms with Crippen molar-refractivity contribution in [3.05, 3.63) is 24.3 Å². The summed E-state index contributed by atoms with van der Waals surface area (Å²) < 4.78 is 0. The van der Waals surface area contributed by atoms with E-state index in [-0.39, 0.29) is 30.4 Å². The van der Waals surface area contributed by atoms with Crippen LogP contribution in [0.1, 0.15) is 26.2 Å². The van der Waals surface area contributed by atoms with Gasteiger partial charge in [0.05, 0.1) is 6.04 Å². The zero-order valence-corrected chi connectivity index (χ0v) is 13.5. The Balaban J connectivity index is 0.00000242. The molecule has 1 aliphatic heterocycles. The number of anilines is 2. The zero-order valence-electron chi connectivity index (χ0n) is 12.6. The third kappa shape index (κ3) is 5.54. The molecule has 3 amide bonds. The molecule has 1 aromatic carbocycles. The third-order valence-corrected chi connectivity index (χ3v) is 3.35. The molecule has 22 heavy (non-hydrogen) atoms. The molecule has 4 N–H and O–H groups in total. The molecule has 1 aromatic rings. The summed E-state index contributed by atoms with van der Waals surface area (Å²) in [5, 5.41) is 11.5. The van der Waals surface area contributed by atoms with Crippen molar-refractivity contribution >= 4 is 35.7 Å². The van der Waals surface area contributed by atoms with Gasteiger partial charge in [0.1, 0.15) is 0 Å². The maximum absolute atomic E-state index is 12.1. The summed E-state index contributed by atoms with van der Waals surface area (Å²) in [6.07, 6.45) is 3.06. The molecule has 122 valence electrons. The number of amides is 3. The van der Waals surface area contributed by atoms with Gasteiger partial charge in [0.2, 0.25) is 5.91 Å². The van der Waals surface area contributed by atoms with Crippen LogP contribution in [0.4, 0.5) is 16.2 Å². The van der Waals surface area contributed by atoms with Crippen LogP contribution in [0.2, 0.25) is 0 Å². The van der Waals surface area contributed by atoms with Gasteiger partial charge >= 0.3 is 6.03 Å². The van der Waals surface area contributed by atoms with Gasteiger partial charge in [0, 0.05) is 17.9 Å². The minimum Gasteiger partial charge on any atom is -0.338 e. The van der Waals surface area contributed by atoms with Gasteiger partial charge < -0.3 is 21.3 Å². The first-order chi connectivity index (χ1) is 10.2. The van der Waals surface area contributed by atoms with Crippen molar-refractivity contribution in [2.24, 2.45) is 0 Å². The normalized spacial score (nSPS) is 17.0. The minimum absolute atomic E-state index is 0. The van der Waals surface area contributed by atoms with Crippen molar-refractivity contribution in [3.8, 4) is 0 Å². The summed E-state index contributed by atoms with van der Waals surface area (Å²) >= 11 is 0. The lowest BCUT2D eigenvalue weighted by atomic mass is 10.0. The van der Waals surface area contributed by atoms with Crippen LogP contribution in [0.25, 0.3) is 0 Å². The second-order valence-electron chi connectivity index (χ2n) is 5.06. The highest BCUT2D eigenvalue weighted by Gasteiger charge is 2.20. The van der Waals surface area contributed by atoms with Crippen LogP contribution in [0, 0.1) is 0 Å². The lowest BCUT2D eigenvalue weighted by Crippen LogP contribution is -2.43. The van der Waals surface area contributed by atoms with E-state index in [1.54, 1.807) is 18.2 Å². The SMILES string of the molecule is CCNC(=O)Nc1cccc(NC(=O)C2CCCCN2)c1.Cl. The number of rotatable bonds is 4. The van der Waals surface area contributed by atoms with Gasteiger partial charge in [-0.15, -0.1) is 12.4 Å². The smallest absolute Gasteiger partial charge is 0.319 e. The predicted molar refractivity (Wildman–Crippen MR) is 90.7 cm³/mol. The molecular weight excluding hydrogens is 304 g/mol. The van der Waals surface area contributed by atoms with Crippen LogP contribution < -0.4 is 21.3 Å². The fourth-order valence-electron chi connectivity index (χ4n) is 2.32. The summed E-state index contributed by atoms with van der Waals surface area (Å²) in [5.74, 6) is -0.0233. The van der Waals surface area contributed by atoms with Crippen molar-refractivity contribution in [1.29, 1.82) is 0 Å². The number of piperidine rings is 1. The Morgan fingerprint density at radius 2 is 1.95 bits per heavy atom. The van der Waals surface area contributed by atoms with E-state index >= 15 is 0 Å². The van der Waals surface area contributed by atoms with Gasteiger partial charge in [-0.25, -0.2) is 4.79 Å². The van der Waals surface area contributed by atoms with Crippen LogP contribution in [-0.2, 0) is 4.79 Å². The van der Waals surface area contributed by atoms with Gasteiger partial charge in [-0.1, -0.05) is 12.5 Å². The molecule has 1 heterocycles. The first-order valence-corrected chi connectivity index (χ1v) is 7.38. The van der Waals surface area contributed by atoms with E-state index in [1.165, 1.54) is 0 Å². The molecule has 1 aliphatic rings. The standard InChI is InChI=1S/C15H22N4O2.ClH/c1-2-16-15(21)19-12-7-5-6-11(10-12)18-14(20)13-8-3-4-9-17-13;/h5-7,10,13,17H,2-4,8-9H2,1H3,(H,18,20)(H2,16,19,21);1H. The van der Waals surface area contributed by atoms with E-state index in [1.807, 2.05) is 13.0 Å². The lowest BCUT2D eigenvalue weighted by Gasteiger charge is -2.22. The van der Waals surface area contributed by atoms with Crippen molar-refractivity contribution in [3.63, 3.8) is 0 Å². The minimum atomic E-state index is -0.255. The first kappa shape index (κ1) is 18.3. The second kappa shape index (κ2) is 9.27. The van der Waals surface area contributed by atoms with Crippen LogP contribution in [0.5, 0.6) is 0 Å². The van der Waals surface area contributed by atoms with E-state index in [4.69, 9.17) is 0 Å². The van der Waals surface area contributed by atoms with Gasteiger partial charge in [-0.05, 0) is 44.5 Å². The largest absolute Gasteiger partial charge is 0.338 e. The summed E-state index contributed by atoms with van der Waals surface area (Å²) in [6, 6.07) is 6.75. The number of halogens is 1. The Labute approximate surface area is 136 Å². The maximum atomic E-state index is 12.1. The molecule has 0 saturated carbocycles. The van der Waals surface area contributed by atoms with Gasteiger partial charge in [0.25, 0.3) is 0 Å². The Morgan fingerprint density at radius 1 is 1.23 bits per heavy atom. The van der Waals surface area contributed by atoms with Crippen LogP contribution in [0.3, 0.4) is 0 Å². The summed E-state index contributed by atoms with van der Waals surface area (Å²) in [5.41, 5.74) is 1.33. The Hall–Kier alpha value is -1.79. The molecular formula is C15H23ClN4O2. The fraction of sp³-hybridized carbons (Fsp3) is 0.467. The van der Waals surface area contributed by atoms with E-state index in [2.05, 4.69) is 21.3 Å². The number of nitrogens with one attached hydrogen (secondary N) is 4. The second-order valence-corrected chi connectivity index (χ2v) is 5.06. The van der Waals surface area contributed by atoms with Crippen LogP contribution >= 0.6 is 12.4 Å². The van der Waals surface area contributed by atoms with E-state index < -0.39 is 0 Å². The molecule has 0 radical (unpaired) electrons. The molecule has 0 bridgehead atoms. The molecule has 2 rings (SSSR count).